The van der Waals surface area contributed by atoms with Crippen molar-refractivity contribution in [3.63, 3.8) is 0 Å². The smallest absolute Gasteiger partial charge is 0.267 e. The molecule has 2 N–H and O–H groups in total. The third-order valence-electron chi connectivity index (χ3n) is 1.65. The van der Waals surface area contributed by atoms with Gasteiger partial charge in [0.05, 0.1) is 6.33 Å². The summed E-state index contributed by atoms with van der Waals surface area (Å²) in [6.45, 7) is 0.766. The predicted molar refractivity (Wildman–Crippen MR) is 61.0 cm³/mol. The number of unbranched alkanes of at least 4 members (excludes halogenated alkanes) is 1. The van der Waals surface area contributed by atoms with Crippen molar-refractivity contribution >= 4 is 33.3 Å². The van der Waals surface area contributed by atoms with Gasteiger partial charge < -0.3 is 10.3 Å². The zero-order valence-electron chi connectivity index (χ0n) is 7.52. The average molecular weight is 281 g/mol. The van der Waals surface area contributed by atoms with Crippen molar-refractivity contribution in [1.82, 2.24) is 9.97 Å². The summed E-state index contributed by atoms with van der Waals surface area (Å²) in [6.07, 6.45) is 3.29. The second-order valence-corrected chi connectivity index (χ2v) is 3.89. The monoisotopic (exact) mass is 279 g/mol. The van der Waals surface area contributed by atoms with Crippen LogP contribution < -0.4 is 10.9 Å². The number of nitrogens with one attached hydrogen (secondary N) is 2. The Balaban J connectivity index is 2.51. The lowest BCUT2D eigenvalue weighted by atomic mass is 10.3. The Morgan fingerprint density at radius 3 is 3.07 bits per heavy atom. The Morgan fingerprint density at radius 1 is 1.57 bits per heavy atom. The Kier molecular flexibility index (Phi) is 4.97. The van der Waals surface area contributed by atoms with Crippen molar-refractivity contribution in [3.8, 4) is 0 Å². The molecule has 0 unspecified atom stereocenters. The van der Waals surface area contributed by atoms with E-state index in [1.807, 2.05) is 0 Å². The van der Waals surface area contributed by atoms with Gasteiger partial charge in [0.1, 0.15) is 10.3 Å². The van der Waals surface area contributed by atoms with E-state index in [0.717, 1.165) is 19.4 Å². The van der Waals surface area contributed by atoms with Crippen LogP contribution in [0.1, 0.15) is 12.8 Å². The summed E-state index contributed by atoms with van der Waals surface area (Å²) in [6, 6.07) is 0. The molecule has 0 saturated carbocycles. The standard InChI is InChI=1S/C8H11BrClN3O/c9-6-7(11-4-2-1-3-10)12-5-13-8(6)14/h5H,1-4H2,(H2,11,12,13,14). The number of anilines is 1. The maximum Gasteiger partial charge on any atom is 0.267 e. The summed E-state index contributed by atoms with van der Waals surface area (Å²) in [7, 11) is 0. The van der Waals surface area contributed by atoms with Crippen molar-refractivity contribution < 1.29 is 0 Å². The molecule has 0 aliphatic rings. The van der Waals surface area contributed by atoms with Crippen LogP contribution in [0, 0.1) is 0 Å². The maximum absolute atomic E-state index is 11.1. The van der Waals surface area contributed by atoms with Gasteiger partial charge in [-0.25, -0.2) is 4.98 Å². The van der Waals surface area contributed by atoms with Crippen LogP contribution in [0.2, 0.25) is 0 Å². The Morgan fingerprint density at radius 2 is 2.36 bits per heavy atom. The number of rotatable bonds is 5. The van der Waals surface area contributed by atoms with Crippen LogP contribution in [0.5, 0.6) is 0 Å². The molecule has 0 amide bonds. The molecule has 78 valence electrons. The summed E-state index contributed by atoms with van der Waals surface area (Å²) < 4.78 is 0.436. The van der Waals surface area contributed by atoms with E-state index in [-0.39, 0.29) is 5.56 Å². The molecule has 1 aromatic heterocycles. The first-order valence-electron chi connectivity index (χ1n) is 4.28. The quantitative estimate of drug-likeness (QED) is 0.640. The summed E-state index contributed by atoms with van der Waals surface area (Å²) in [5, 5.41) is 3.05. The van der Waals surface area contributed by atoms with Gasteiger partial charge in [-0.15, -0.1) is 11.6 Å². The van der Waals surface area contributed by atoms with Gasteiger partial charge in [0.25, 0.3) is 5.56 Å². The van der Waals surface area contributed by atoms with E-state index >= 15 is 0 Å². The first kappa shape index (κ1) is 11.5. The second-order valence-electron chi connectivity index (χ2n) is 2.72. The molecule has 0 fully saturated rings. The van der Waals surface area contributed by atoms with Crippen LogP contribution >= 0.6 is 27.5 Å². The Bertz CT molecular complexity index is 342. The number of aromatic amines is 1. The minimum Gasteiger partial charge on any atom is -0.369 e. The van der Waals surface area contributed by atoms with Crippen LogP contribution in [-0.2, 0) is 0 Å². The molecule has 1 aromatic rings. The largest absolute Gasteiger partial charge is 0.369 e. The third kappa shape index (κ3) is 3.31. The molecule has 6 heteroatoms. The third-order valence-corrected chi connectivity index (χ3v) is 2.65. The molecule has 0 spiro atoms. The number of hydrogen-bond acceptors (Lipinski definition) is 3. The summed E-state index contributed by atoms with van der Waals surface area (Å²) in [5.74, 6) is 1.23. The molecule has 0 bridgehead atoms. The van der Waals surface area contributed by atoms with Crippen molar-refractivity contribution in [3.05, 3.63) is 21.2 Å². The molecule has 4 nitrogen and oxygen atoms in total. The van der Waals surface area contributed by atoms with Crippen LogP contribution in [0.3, 0.4) is 0 Å². The Labute approximate surface area is 95.2 Å². The molecule has 0 atom stereocenters. The highest BCUT2D eigenvalue weighted by Gasteiger charge is 2.03. The van der Waals surface area contributed by atoms with Crippen molar-refractivity contribution in [2.45, 2.75) is 12.8 Å². The van der Waals surface area contributed by atoms with E-state index in [1.165, 1.54) is 6.33 Å². The van der Waals surface area contributed by atoms with E-state index in [4.69, 9.17) is 11.6 Å². The maximum atomic E-state index is 11.1. The van der Waals surface area contributed by atoms with Crippen LogP contribution in [-0.4, -0.2) is 22.4 Å². The number of aromatic nitrogens is 2. The molecule has 1 heterocycles. The van der Waals surface area contributed by atoms with E-state index in [2.05, 4.69) is 31.2 Å². The van der Waals surface area contributed by atoms with Crippen LogP contribution in [0.15, 0.2) is 15.6 Å². The number of halogens is 2. The molecule has 14 heavy (non-hydrogen) atoms. The highest BCUT2D eigenvalue weighted by atomic mass is 79.9. The molecular formula is C8H11BrClN3O. The average Bonchev–Trinajstić information content (AvgIpc) is 2.19. The minimum absolute atomic E-state index is 0.181. The number of alkyl halides is 1. The van der Waals surface area contributed by atoms with Crippen molar-refractivity contribution in [2.75, 3.05) is 17.7 Å². The van der Waals surface area contributed by atoms with Gasteiger partial charge in [-0.2, -0.15) is 0 Å². The van der Waals surface area contributed by atoms with E-state index in [0.29, 0.717) is 16.2 Å². The van der Waals surface area contributed by atoms with Gasteiger partial charge >= 0.3 is 0 Å². The fraction of sp³-hybridized carbons (Fsp3) is 0.500. The van der Waals surface area contributed by atoms with Crippen LogP contribution in [0.25, 0.3) is 0 Å². The summed E-state index contributed by atoms with van der Waals surface area (Å²) in [5.41, 5.74) is -0.181. The zero-order valence-corrected chi connectivity index (χ0v) is 9.86. The molecule has 0 saturated heterocycles. The van der Waals surface area contributed by atoms with Gasteiger partial charge in [-0.3, -0.25) is 4.79 Å². The first-order valence-corrected chi connectivity index (χ1v) is 5.61. The lowest BCUT2D eigenvalue weighted by Crippen LogP contribution is -2.12. The lowest BCUT2D eigenvalue weighted by Gasteiger charge is -2.05. The fourth-order valence-electron chi connectivity index (χ4n) is 0.933. The molecule has 1 rings (SSSR count). The highest BCUT2D eigenvalue weighted by Crippen LogP contribution is 2.12. The fourth-order valence-corrected chi connectivity index (χ4v) is 1.48. The SMILES string of the molecule is O=c1[nH]cnc(NCCCCCl)c1Br. The van der Waals surface area contributed by atoms with Crippen molar-refractivity contribution in [2.24, 2.45) is 0 Å². The first-order chi connectivity index (χ1) is 6.75. The van der Waals surface area contributed by atoms with E-state index < -0.39 is 0 Å². The number of nitrogens with zero attached hydrogens (tertiary/aromatic N) is 1. The zero-order chi connectivity index (χ0) is 10.4. The normalized spacial score (nSPS) is 10.1. The van der Waals surface area contributed by atoms with Gasteiger partial charge in [0.2, 0.25) is 0 Å². The molecule has 0 aliphatic carbocycles. The van der Waals surface area contributed by atoms with Gasteiger partial charge in [0, 0.05) is 12.4 Å². The van der Waals surface area contributed by atoms with Crippen LogP contribution in [0.4, 0.5) is 5.82 Å². The van der Waals surface area contributed by atoms with E-state index in [9.17, 15) is 4.79 Å². The van der Waals surface area contributed by atoms with Gasteiger partial charge in [0.15, 0.2) is 0 Å². The minimum atomic E-state index is -0.181. The lowest BCUT2D eigenvalue weighted by molar-refractivity contribution is 0.834. The number of H-pyrrole nitrogens is 1. The molecule has 0 aliphatic heterocycles. The van der Waals surface area contributed by atoms with Crippen molar-refractivity contribution in [1.29, 1.82) is 0 Å². The summed E-state index contributed by atoms with van der Waals surface area (Å²) >= 11 is 8.69. The van der Waals surface area contributed by atoms with Gasteiger partial charge in [-0.05, 0) is 28.8 Å². The molecular weight excluding hydrogens is 269 g/mol. The molecule has 0 radical (unpaired) electrons. The second kappa shape index (κ2) is 6.03. The summed E-state index contributed by atoms with van der Waals surface area (Å²) in [4.78, 5) is 17.6. The highest BCUT2D eigenvalue weighted by molar-refractivity contribution is 9.10. The van der Waals surface area contributed by atoms with Gasteiger partial charge in [-0.1, -0.05) is 0 Å². The Hall–Kier alpha value is -0.550. The van der Waals surface area contributed by atoms with E-state index in [1.54, 1.807) is 0 Å². The molecule has 0 aromatic carbocycles. The predicted octanol–water partition coefficient (Wildman–Crippen LogP) is 1.96. The number of hydrogen-bond donors (Lipinski definition) is 2. The topological polar surface area (TPSA) is 57.8 Å².